The van der Waals surface area contributed by atoms with Crippen LogP contribution < -0.4 is 0 Å². The molecular weight excluding hydrogens is 252 g/mol. The summed E-state index contributed by atoms with van der Waals surface area (Å²) in [5, 5.41) is 12.3. The number of ketones is 1. The molecule has 1 saturated carbocycles. The third-order valence-corrected chi connectivity index (χ3v) is 3.33. The average molecular weight is 270 g/mol. The predicted molar refractivity (Wildman–Crippen MR) is 67.3 cm³/mol. The molecule has 0 aromatic carbocycles. The normalized spacial score (nSPS) is 23.5. The monoisotopic (exact) mass is 270 g/mol. The third kappa shape index (κ3) is 3.84. The number of ether oxygens (including phenoxy) is 1. The van der Waals surface area contributed by atoms with E-state index in [1.807, 2.05) is 0 Å². The predicted octanol–water partition coefficient (Wildman–Crippen LogP) is 1.72. The van der Waals surface area contributed by atoms with E-state index in [-0.39, 0.29) is 25.2 Å². The molecule has 7 heteroatoms. The second kappa shape index (κ2) is 6.96. The van der Waals surface area contributed by atoms with Crippen LogP contribution >= 0.6 is 0 Å². The fourth-order valence-corrected chi connectivity index (χ4v) is 2.38. The van der Waals surface area contributed by atoms with Gasteiger partial charge in [-0.3, -0.25) is 9.59 Å². The van der Waals surface area contributed by atoms with Gasteiger partial charge in [0.1, 0.15) is 11.2 Å². The number of carbonyl (C=O) groups is 2. The molecule has 0 heterocycles. The average Bonchev–Trinajstić information content (AvgIpc) is 2.37. The molecule has 1 atom stereocenters. The van der Waals surface area contributed by atoms with Gasteiger partial charge in [-0.15, -0.1) is 0 Å². The molecule has 0 N–H and O–H groups in total. The number of nitro groups is 1. The number of hydrogen-bond acceptors (Lipinski definition) is 5. The Kier molecular flexibility index (Phi) is 5.59. The molecule has 1 aliphatic carbocycles. The molecule has 0 saturated heterocycles. The lowest BCUT2D eigenvalue weighted by Gasteiger charge is -2.32. The first-order valence-corrected chi connectivity index (χ1v) is 6.40. The summed E-state index contributed by atoms with van der Waals surface area (Å²) in [6.45, 7) is 1.91. The highest BCUT2D eigenvalue weighted by atomic mass is 16.7. The van der Waals surface area contributed by atoms with Gasteiger partial charge in [0.25, 0.3) is 0 Å². The van der Waals surface area contributed by atoms with E-state index in [2.05, 4.69) is 5.10 Å². The van der Waals surface area contributed by atoms with Crippen LogP contribution in [0.1, 0.15) is 45.4 Å². The van der Waals surface area contributed by atoms with Gasteiger partial charge in [-0.2, -0.15) is 0 Å². The molecule has 0 amide bonds. The first kappa shape index (κ1) is 15.3. The Bertz CT molecular complexity index is 394. The highest BCUT2D eigenvalue weighted by Gasteiger charge is 2.47. The largest absolute Gasteiger partial charge is 0.465 e. The topological polar surface area (TPSA) is 98.9 Å². The van der Waals surface area contributed by atoms with Gasteiger partial charge in [-0.05, 0) is 32.6 Å². The Hall–Kier alpha value is -1.79. The molecule has 106 valence electrons. The summed E-state index contributed by atoms with van der Waals surface area (Å²) in [6, 6.07) is 0. The van der Waals surface area contributed by atoms with Gasteiger partial charge in [0.05, 0.1) is 17.9 Å². The summed E-state index contributed by atoms with van der Waals surface area (Å²) in [7, 11) is 0. The summed E-state index contributed by atoms with van der Waals surface area (Å²) in [4.78, 5) is 34.2. The maximum Gasteiger partial charge on any atom is 0.319 e. The van der Waals surface area contributed by atoms with E-state index in [9.17, 15) is 19.7 Å². The minimum Gasteiger partial charge on any atom is -0.465 e. The van der Waals surface area contributed by atoms with Gasteiger partial charge in [-0.25, -0.2) is 10.1 Å². The van der Waals surface area contributed by atoms with Crippen molar-refractivity contribution in [2.75, 3.05) is 6.61 Å². The van der Waals surface area contributed by atoms with Gasteiger partial charge in [-0.1, -0.05) is 6.42 Å². The fraction of sp³-hybridized carbons (Fsp3) is 0.750. The van der Waals surface area contributed by atoms with Crippen LogP contribution in [0.5, 0.6) is 0 Å². The molecule has 7 nitrogen and oxygen atoms in total. The molecule has 1 fully saturated rings. The molecule has 0 radical (unpaired) electrons. The number of hydrogen-bond donors (Lipinski definition) is 0. The zero-order valence-corrected chi connectivity index (χ0v) is 11.0. The molecule has 1 rings (SSSR count). The molecule has 1 unspecified atom stereocenters. The van der Waals surface area contributed by atoms with Crippen molar-refractivity contribution < 1.29 is 19.4 Å². The van der Waals surface area contributed by atoms with Crippen LogP contribution in [0.25, 0.3) is 0 Å². The van der Waals surface area contributed by atoms with Gasteiger partial charge >= 0.3 is 5.97 Å². The molecule has 0 bridgehead atoms. The smallest absolute Gasteiger partial charge is 0.319 e. The number of hydrazone groups is 1. The SMILES string of the molecule is CCOC(=O)C1(CCC=N[N+](=O)[O-])CCCCC1=O. The van der Waals surface area contributed by atoms with Crippen molar-refractivity contribution in [3.05, 3.63) is 10.1 Å². The molecule has 0 spiro atoms. The minimum absolute atomic E-state index is 0.119. The maximum atomic E-state index is 12.1. The lowest BCUT2D eigenvalue weighted by atomic mass is 9.70. The van der Waals surface area contributed by atoms with Gasteiger partial charge in [0, 0.05) is 6.42 Å². The van der Waals surface area contributed by atoms with Gasteiger partial charge < -0.3 is 4.74 Å². The summed E-state index contributed by atoms with van der Waals surface area (Å²) in [5.74, 6) is -0.624. The number of esters is 1. The molecule has 0 aromatic rings. The number of rotatable bonds is 6. The third-order valence-electron chi connectivity index (χ3n) is 3.33. The van der Waals surface area contributed by atoms with E-state index >= 15 is 0 Å². The van der Waals surface area contributed by atoms with Crippen LogP contribution in [-0.2, 0) is 14.3 Å². The van der Waals surface area contributed by atoms with E-state index in [0.717, 1.165) is 19.1 Å². The van der Waals surface area contributed by atoms with Crippen molar-refractivity contribution in [3.63, 3.8) is 0 Å². The van der Waals surface area contributed by atoms with E-state index in [4.69, 9.17) is 4.74 Å². The number of nitrogens with zero attached hydrogens (tertiary/aromatic N) is 2. The zero-order chi connectivity index (χ0) is 14.3. The van der Waals surface area contributed by atoms with Crippen LogP contribution in [0.2, 0.25) is 0 Å². The Morgan fingerprint density at radius 1 is 1.58 bits per heavy atom. The van der Waals surface area contributed by atoms with Crippen molar-refractivity contribution in [2.45, 2.75) is 45.4 Å². The second-order valence-corrected chi connectivity index (χ2v) is 4.51. The molecule has 1 aliphatic rings. The van der Waals surface area contributed by atoms with E-state index in [0.29, 0.717) is 12.8 Å². The first-order chi connectivity index (χ1) is 9.03. The summed E-state index contributed by atoms with van der Waals surface area (Å²) in [6.07, 6.45) is 3.96. The molecular formula is C12H18N2O5. The van der Waals surface area contributed by atoms with Crippen LogP contribution in [0.4, 0.5) is 0 Å². The van der Waals surface area contributed by atoms with E-state index < -0.39 is 16.4 Å². The second-order valence-electron chi connectivity index (χ2n) is 4.51. The maximum absolute atomic E-state index is 12.1. The number of Topliss-reactive ketones (excluding diaryl/α,β-unsaturated/α-hetero) is 1. The Morgan fingerprint density at radius 2 is 2.32 bits per heavy atom. The summed E-state index contributed by atoms with van der Waals surface area (Å²) in [5.41, 5.74) is -1.13. The molecule has 0 aliphatic heterocycles. The highest BCUT2D eigenvalue weighted by molar-refractivity contribution is 6.04. The van der Waals surface area contributed by atoms with E-state index in [1.165, 1.54) is 0 Å². The van der Waals surface area contributed by atoms with Crippen molar-refractivity contribution in [1.29, 1.82) is 0 Å². The minimum atomic E-state index is -1.13. The van der Waals surface area contributed by atoms with Crippen LogP contribution in [-0.4, -0.2) is 29.6 Å². The lowest BCUT2D eigenvalue weighted by molar-refractivity contribution is -0.484. The molecule has 0 aromatic heterocycles. The van der Waals surface area contributed by atoms with Gasteiger partial charge in [0.15, 0.2) is 5.03 Å². The van der Waals surface area contributed by atoms with Crippen molar-refractivity contribution >= 4 is 18.0 Å². The van der Waals surface area contributed by atoms with Crippen molar-refractivity contribution in [1.82, 2.24) is 0 Å². The zero-order valence-electron chi connectivity index (χ0n) is 11.0. The fourth-order valence-electron chi connectivity index (χ4n) is 2.38. The van der Waals surface area contributed by atoms with Gasteiger partial charge in [0.2, 0.25) is 0 Å². The summed E-state index contributed by atoms with van der Waals surface area (Å²) < 4.78 is 5.00. The van der Waals surface area contributed by atoms with Crippen molar-refractivity contribution in [2.24, 2.45) is 10.5 Å². The Labute approximate surface area is 111 Å². The Balaban J connectivity index is 2.77. The highest BCUT2D eigenvalue weighted by Crippen LogP contribution is 2.38. The van der Waals surface area contributed by atoms with Crippen LogP contribution in [0, 0.1) is 15.5 Å². The first-order valence-electron chi connectivity index (χ1n) is 6.40. The van der Waals surface area contributed by atoms with Crippen molar-refractivity contribution in [3.8, 4) is 0 Å². The lowest BCUT2D eigenvalue weighted by Crippen LogP contribution is -2.43. The Morgan fingerprint density at radius 3 is 2.89 bits per heavy atom. The van der Waals surface area contributed by atoms with Crippen LogP contribution in [0.15, 0.2) is 5.10 Å². The number of carbonyl (C=O) groups excluding carboxylic acids is 2. The van der Waals surface area contributed by atoms with E-state index in [1.54, 1.807) is 6.92 Å². The standard InChI is InChI=1S/C12H18N2O5/c1-2-19-11(16)12(7-4-3-6-10(12)15)8-5-9-13-14(17)18/h9H,2-8H2,1H3. The quantitative estimate of drug-likeness (QED) is 0.240. The van der Waals surface area contributed by atoms with Crippen LogP contribution in [0.3, 0.4) is 0 Å². The summed E-state index contributed by atoms with van der Waals surface area (Å²) >= 11 is 0. The molecule has 19 heavy (non-hydrogen) atoms.